The van der Waals surface area contributed by atoms with Crippen LogP contribution in [0.1, 0.15) is 47.0 Å². The van der Waals surface area contributed by atoms with Crippen LogP contribution in [0.5, 0.6) is 0 Å². The van der Waals surface area contributed by atoms with E-state index in [-0.39, 0.29) is 24.1 Å². The SMILES string of the molecule is O=C(O)CCCCCN1C(=O)C(O)=C(C(=O)c2cccs2)C1c1ccccc1F. The fourth-order valence-corrected chi connectivity index (χ4v) is 4.09. The highest BCUT2D eigenvalue weighted by atomic mass is 32.1. The number of thiophene rings is 1. The Morgan fingerprint density at radius 1 is 1.10 bits per heavy atom. The number of unbranched alkanes of at least 4 members (excludes halogenated alkanes) is 2. The second-order valence-corrected chi connectivity index (χ2v) is 7.64. The summed E-state index contributed by atoms with van der Waals surface area (Å²) in [6.07, 6.45) is 1.49. The highest BCUT2D eigenvalue weighted by molar-refractivity contribution is 7.12. The van der Waals surface area contributed by atoms with Gasteiger partial charge < -0.3 is 15.1 Å². The number of aliphatic hydroxyl groups is 1. The van der Waals surface area contributed by atoms with Gasteiger partial charge in [-0.05, 0) is 30.4 Å². The minimum absolute atomic E-state index is 0.0241. The lowest BCUT2D eigenvalue weighted by molar-refractivity contribution is -0.137. The highest BCUT2D eigenvalue weighted by Gasteiger charge is 2.44. The first-order valence-electron chi connectivity index (χ1n) is 9.20. The Balaban J connectivity index is 1.90. The molecule has 6 nitrogen and oxygen atoms in total. The minimum atomic E-state index is -1.03. The predicted octanol–water partition coefficient (Wildman–Crippen LogP) is 4.11. The van der Waals surface area contributed by atoms with Gasteiger partial charge in [0, 0.05) is 18.5 Å². The molecule has 0 saturated heterocycles. The van der Waals surface area contributed by atoms with E-state index in [0.717, 1.165) is 0 Å². The molecule has 1 aliphatic heterocycles. The number of carbonyl (C=O) groups excluding carboxylic acids is 2. The van der Waals surface area contributed by atoms with Crippen LogP contribution in [0.3, 0.4) is 0 Å². The number of hydrogen-bond donors (Lipinski definition) is 2. The Kier molecular flexibility index (Phi) is 6.43. The molecule has 152 valence electrons. The molecule has 2 aromatic rings. The molecule has 1 atom stereocenters. The number of amides is 1. The molecule has 8 heteroatoms. The molecule has 0 spiro atoms. The van der Waals surface area contributed by atoms with E-state index in [4.69, 9.17) is 5.11 Å². The lowest BCUT2D eigenvalue weighted by Gasteiger charge is -2.27. The molecule has 29 heavy (non-hydrogen) atoms. The smallest absolute Gasteiger partial charge is 0.303 e. The number of Topliss-reactive ketones (excluding diaryl/α,β-unsaturated/α-hetero) is 1. The molecular formula is C21H20FNO5S. The summed E-state index contributed by atoms with van der Waals surface area (Å²) >= 11 is 1.18. The van der Waals surface area contributed by atoms with Crippen molar-refractivity contribution in [2.75, 3.05) is 6.54 Å². The van der Waals surface area contributed by atoms with Crippen molar-refractivity contribution >= 4 is 29.0 Å². The van der Waals surface area contributed by atoms with Crippen LogP contribution in [-0.2, 0) is 9.59 Å². The van der Waals surface area contributed by atoms with E-state index < -0.39 is 35.3 Å². The van der Waals surface area contributed by atoms with Crippen molar-refractivity contribution in [3.63, 3.8) is 0 Å². The van der Waals surface area contributed by atoms with E-state index in [1.165, 1.54) is 34.4 Å². The number of carbonyl (C=O) groups is 3. The summed E-state index contributed by atoms with van der Waals surface area (Å²) in [5, 5.41) is 20.9. The largest absolute Gasteiger partial charge is 0.503 e. The summed E-state index contributed by atoms with van der Waals surface area (Å²) in [5.41, 5.74) is 0.00317. The summed E-state index contributed by atoms with van der Waals surface area (Å²) in [6, 6.07) is 8.10. The van der Waals surface area contributed by atoms with Crippen LogP contribution in [0.25, 0.3) is 0 Å². The Morgan fingerprint density at radius 2 is 1.86 bits per heavy atom. The standard InChI is InChI=1S/C21H20FNO5S/c22-14-8-4-3-7-13(14)18-17(19(26)15-9-6-12-29-15)20(27)21(28)23(18)11-5-1-2-10-16(24)25/h3-4,6-9,12,18,27H,1-2,5,10-11H2,(H,24,25). The van der Waals surface area contributed by atoms with E-state index in [9.17, 15) is 23.9 Å². The second kappa shape index (κ2) is 9.00. The van der Waals surface area contributed by atoms with Gasteiger partial charge in [0.25, 0.3) is 5.91 Å². The zero-order valence-electron chi connectivity index (χ0n) is 15.5. The maximum atomic E-state index is 14.6. The van der Waals surface area contributed by atoms with Crippen molar-refractivity contribution in [1.29, 1.82) is 0 Å². The van der Waals surface area contributed by atoms with Gasteiger partial charge in [-0.1, -0.05) is 30.7 Å². The van der Waals surface area contributed by atoms with Crippen molar-refractivity contribution in [2.24, 2.45) is 0 Å². The van der Waals surface area contributed by atoms with Gasteiger partial charge in [0.2, 0.25) is 5.78 Å². The zero-order chi connectivity index (χ0) is 21.0. The van der Waals surface area contributed by atoms with Crippen molar-refractivity contribution in [3.8, 4) is 0 Å². The number of carboxylic acid groups (broad SMARTS) is 1. The first-order chi connectivity index (χ1) is 13.9. The van der Waals surface area contributed by atoms with E-state index in [2.05, 4.69) is 0 Å². The number of aliphatic carboxylic acids is 1. The van der Waals surface area contributed by atoms with Gasteiger partial charge in [0.05, 0.1) is 16.5 Å². The van der Waals surface area contributed by atoms with Gasteiger partial charge in [0.15, 0.2) is 5.76 Å². The van der Waals surface area contributed by atoms with Crippen LogP contribution in [0, 0.1) is 5.82 Å². The maximum absolute atomic E-state index is 14.6. The fraction of sp³-hybridized carbons (Fsp3) is 0.286. The normalized spacial score (nSPS) is 16.5. The molecule has 0 fully saturated rings. The number of ketones is 1. The van der Waals surface area contributed by atoms with Gasteiger partial charge >= 0.3 is 5.97 Å². The van der Waals surface area contributed by atoms with Gasteiger partial charge in [-0.2, -0.15) is 0 Å². The van der Waals surface area contributed by atoms with Gasteiger partial charge in [-0.3, -0.25) is 14.4 Å². The Labute approximate surface area is 170 Å². The van der Waals surface area contributed by atoms with Crippen LogP contribution < -0.4 is 0 Å². The van der Waals surface area contributed by atoms with Crippen molar-refractivity contribution < 1.29 is 29.0 Å². The molecule has 2 N–H and O–H groups in total. The maximum Gasteiger partial charge on any atom is 0.303 e. The lowest BCUT2D eigenvalue weighted by atomic mass is 9.95. The van der Waals surface area contributed by atoms with Crippen LogP contribution in [0.4, 0.5) is 4.39 Å². The first-order valence-corrected chi connectivity index (χ1v) is 10.1. The van der Waals surface area contributed by atoms with E-state index >= 15 is 0 Å². The quantitative estimate of drug-likeness (QED) is 0.473. The second-order valence-electron chi connectivity index (χ2n) is 6.70. The van der Waals surface area contributed by atoms with Crippen LogP contribution in [0.15, 0.2) is 53.1 Å². The molecule has 0 aliphatic carbocycles. The molecule has 3 rings (SSSR count). The van der Waals surface area contributed by atoms with Gasteiger partial charge in [0.1, 0.15) is 5.82 Å². The number of nitrogens with zero attached hydrogens (tertiary/aromatic N) is 1. The molecule has 0 bridgehead atoms. The van der Waals surface area contributed by atoms with Crippen LogP contribution >= 0.6 is 11.3 Å². The molecular weight excluding hydrogens is 397 g/mol. The minimum Gasteiger partial charge on any atom is -0.503 e. The number of halogens is 1. The number of carboxylic acids is 1. The zero-order valence-corrected chi connectivity index (χ0v) is 16.3. The van der Waals surface area contributed by atoms with Crippen LogP contribution in [0.2, 0.25) is 0 Å². The number of hydrogen-bond acceptors (Lipinski definition) is 5. The number of rotatable bonds is 9. The van der Waals surface area contributed by atoms with E-state index in [0.29, 0.717) is 24.1 Å². The Hall–Kier alpha value is -3.00. The third-order valence-electron chi connectivity index (χ3n) is 4.78. The van der Waals surface area contributed by atoms with Crippen molar-refractivity contribution in [2.45, 2.75) is 31.7 Å². The van der Waals surface area contributed by atoms with E-state index in [1.807, 2.05) is 0 Å². The van der Waals surface area contributed by atoms with Crippen molar-refractivity contribution in [3.05, 3.63) is 69.4 Å². The summed E-state index contributed by atoms with van der Waals surface area (Å²) in [6.45, 7) is 0.169. The van der Waals surface area contributed by atoms with Crippen molar-refractivity contribution in [1.82, 2.24) is 4.90 Å². The highest BCUT2D eigenvalue weighted by Crippen LogP contribution is 2.40. The topological polar surface area (TPSA) is 94.9 Å². The summed E-state index contributed by atoms with van der Waals surface area (Å²) in [5.74, 6) is -3.37. The molecule has 1 aromatic carbocycles. The molecule has 2 heterocycles. The Morgan fingerprint density at radius 3 is 2.52 bits per heavy atom. The van der Waals surface area contributed by atoms with Gasteiger partial charge in [-0.25, -0.2) is 4.39 Å². The van der Waals surface area contributed by atoms with Gasteiger partial charge in [-0.15, -0.1) is 11.3 Å². The molecule has 1 aliphatic rings. The third-order valence-corrected chi connectivity index (χ3v) is 5.65. The summed E-state index contributed by atoms with van der Waals surface area (Å²) < 4.78 is 14.6. The predicted molar refractivity (Wildman–Crippen MR) is 105 cm³/mol. The lowest BCUT2D eigenvalue weighted by Crippen LogP contribution is -2.32. The Bertz CT molecular complexity index is 954. The summed E-state index contributed by atoms with van der Waals surface area (Å²) in [4.78, 5) is 38.0. The van der Waals surface area contributed by atoms with Crippen LogP contribution in [-0.4, -0.2) is 39.3 Å². The monoisotopic (exact) mass is 417 g/mol. The molecule has 0 radical (unpaired) electrons. The molecule has 0 saturated carbocycles. The third kappa shape index (κ3) is 4.37. The average Bonchev–Trinajstić information content (AvgIpc) is 3.30. The first kappa shape index (κ1) is 20.7. The van der Waals surface area contributed by atoms with E-state index in [1.54, 1.807) is 23.6 Å². The molecule has 1 aromatic heterocycles. The average molecular weight is 417 g/mol. The summed E-state index contributed by atoms with van der Waals surface area (Å²) in [7, 11) is 0. The molecule has 1 amide bonds. The fourth-order valence-electron chi connectivity index (χ4n) is 3.41. The number of benzene rings is 1. The molecule has 1 unspecified atom stereocenters. The number of aliphatic hydroxyl groups excluding tert-OH is 1.